The molecule has 2 fully saturated rings. The Bertz CT molecular complexity index is 1240. The van der Waals surface area contributed by atoms with Crippen LogP contribution in [0, 0.1) is 11.7 Å². The summed E-state index contributed by atoms with van der Waals surface area (Å²) in [5.41, 5.74) is -3.36. The number of carbonyl (C=O) groups is 2. The molecule has 1 aliphatic heterocycles. The van der Waals surface area contributed by atoms with E-state index in [9.17, 15) is 49.1 Å². The summed E-state index contributed by atoms with van der Waals surface area (Å²) in [5.74, 6) is -5.62. The summed E-state index contributed by atoms with van der Waals surface area (Å²) in [6.45, 7) is -0.143. The molecule has 2 aliphatic rings. The Morgan fingerprint density at radius 1 is 0.875 bits per heavy atom. The molecular formula is C26H24F9N3O2. The zero-order chi connectivity index (χ0) is 29.8. The fraction of sp³-hybridized carbons (Fsp3) is 0.462. The van der Waals surface area contributed by atoms with Crippen LogP contribution in [0.4, 0.5) is 50.0 Å². The molecule has 14 heteroatoms. The first kappa shape index (κ1) is 29.5. The number of alkyl halides is 8. The van der Waals surface area contributed by atoms with Gasteiger partial charge in [-0.3, -0.25) is 9.69 Å². The van der Waals surface area contributed by atoms with E-state index in [1.165, 1.54) is 24.1 Å². The average Bonchev–Trinajstić information content (AvgIpc) is 3.30. The average molecular weight is 581 g/mol. The Balaban J connectivity index is 1.63. The molecule has 40 heavy (non-hydrogen) atoms. The Labute approximate surface area is 223 Å². The second kappa shape index (κ2) is 10.2. The molecule has 0 bridgehead atoms. The Morgan fingerprint density at radius 2 is 1.40 bits per heavy atom. The van der Waals surface area contributed by atoms with Crippen molar-refractivity contribution in [2.45, 2.75) is 43.1 Å². The van der Waals surface area contributed by atoms with Crippen molar-refractivity contribution >= 4 is 17.6 Å². The van der Waals surface area contributed by atoms with Crippen molar-refractivity contribution in [3.8, 4) is 0 Å². The molecule has 0 unspecified atom stereocenters. The molecule has 1 aliphatic carbocycles. The minimum absolute atomic E-state index is 0.0136. The van der Waals surface area contributed by atoms with Crippen LogP contribution >= 0.6 is 0 Å². The maximum Gasteiger partial charge on any atom is 0.416 e. The normalized spacial score (nSPS) is 21.2. The van der Waals surface area contributed by atoms with Crippen molar-refractivity contribution in [2.75, 3.05) is 32.1 Å². The van der Waals surface area contributed by atoms with Crippen LogP contribution in [-0.2, 0) is 17.1 Å². The number of rotatable bonds is 4. The first-order valence-corrected chi connectivity index (χ1v) is 12.1. The maximum atomic E-state index is 13.6. The second-order valence-corrected chi connectivity index (χ2v) is 10.1. The number of likely N-dealkylation sites (N-methyl/N-ethyl adjacent to an activating group) is 1. The van der Waals surface area contributed by atoms with Gasteiger partial charge in [-0.2, -0.15) is 26.3 Å². The topological polar surface area (TPSA) is 43.9 Å². The molecule has 0 radical (unpaired) electrons. The Kier molecular flexibility index (Phi) is 7.52. The van der Waals surface area contributed by atoms with Gasteiger partial charge in [-0.05, 0) is 35.9 Å². The lowest BCUT2D eigenvalue weighted by atomic mass is 9.80. The van der Waals surface area contributed by atoms with Gasteiger partial charge in [0.15, 0.2) is 0 Å². The predicted molar refractivity (Wildman–Crippen MR) is 125 cm³/mol. The highest BCUT2D eigenvalue weighted by atomic mass is 19.4. The molecule has 0 N–H and O–H groups in total. The minimum atomic E-state index is -5.12. The van der Waals surface area contributed by atoms with Gasteiger partial charge in [0.25, 0.3) is 0 Å². The van der Waals surface area contributed by atoms with Crippen LogP contribution in [0.15, 0.2) is 42.5 Å². The monoisotopic (exact) mass is 581 g/mol. The van der Waals surface area contributed by atoms with Crippen LogP contribution in [0.2, 0.25) is 0 Å². The smallest absolute Gasteiger partial charge is 0.340 e. The number of hydrogen-bond donors (Lipinski definition) is 0. The van der Waals surface area contributed by atoms with E-state index in [1.807, 2.05) is 0 Å². The van der Waals surface area contributed by atoms with Gasteiger partial charge >= 0.3 is 18.4 Å². The van der Waals surface area contributed by atoms with Crippen molar-refractivity contribution in [1.82, 2.24) is 9.80 Å². The molecule has 2 aromatic rings. The van der Waals surface area contributed by atoms with E-state index in [-0.39, 0.29) is 19.2 Å². The molecular weight excluding hydrogens is 557 g/mol. The maximum absolute atomic E-state index is 13.6. The highest BCUT2D eigenvalue weighted by Crippen LogP contribution is 2.44. The van der Waals surface area contributed by atoms with Gasteiger partial charge < -0.3 is 9.80 Å². The molecule has 0 spiro atoms. The van der Waals surface area contributed by atoms with Crippen molar-refractivity contribution < 1.29 is 49.1 Å². The number of urea groups is 1. The third-order valence-corrected chi connectivity index (χ3v) is 7.38. The minimum Gasteiger partial charge on any atom is -0.340 e. The van der Waals surface area contributed by atoms with Crippen molar-refractivity contribution in [3.05, 3.63) is 65.0 Å². The van der Waals surface area contributed by atoms with Gasteiger partial charge in [0.1, 0.15) is 5.82 Å². The second-order valence-electron chi connectivity index (χ2n) is 10.1. The summed E-state index contributed by atoms with van der Waals surface area (Å²) >= 11 is 0. The standard InChI is InChI=1S/C26H24F9N3O2/c1-36(19-8-16(25(30,31)32)7-17(9-19)26(33,34)35)23(40)37(2)21-13-38(22(39)15-10-24(28,29)11-15)12-20(21)14-3-5-18(27)6-4-14/h3-9,15,20-21H,10-13H2,1-2H3/t20-,21+/m0/s1. The molecule has 1 heterocycles. The SMILES string of the molecule is CN(C(=O)N(C)[C@@H]1CN(C(=O)C2CC(F)(F)C2)C[C@H]1c1ccc(F)cc1)c1cc(C(F)(F)F)cc(C(F)(F)F)c1. The molecule has 2 aromatic carbocycles. The first-order valence-electron chi connectivity index (χ1n) is 12.1. The summed E-state index contributed by atoms with van der Waals surface area (Å²) in [6.07, 6.45) is -11.5. The van der Waals surface area contributed by atoms with Crippen LogP contribution in [0.5, 0.6) is 0 Å². The lowest BCUT2D eigenvalue weighted by Crippen LogP contribution is -2.49. The summed E-state index contributed by atoms with van der Waals surface area (Å²) in [7, 11) is 2.28. The number of carbonyl (C=O) groups excluding carboxylic acids is 2. The summed E-state index contributed by atoms with van der Waals surface area (Å²) in [6, 6.07) is 4.09. The fourth-order valence-corrected chi connectivity index (χ4v) is 5.11. The van der Waals surface area contributed by atoms with Gasteiger partial charge in [0.05, 0.1) is 17.2 Å². The third-order valence-electron chi connectivity index (χ3n) is 7.38. The Hall–Kier alpha value is -3.45. The van der Waals surface area contributed by atoms with Gasteiger partial charge in [-0.1, -0.05) is 12.1 Å². The predicted octanol–water partition coefficient (Wildman–Crippen LogP) is 6.39. The van der Waals surface area contributed by atoms with Crippen LogP contribution in [0.25, 0.3) is 0 Å². The van der Waals surface area contributed by atoms with Gasteiger partial charge in [-0.25, -0.2) is 18.0 Å². The summed E-state index contributed by atoms with van der Waals surface area (Å²) < 4.78 is 120. The van der Waals surface area contributed by atoms with Crippen LogP contribution in [0.1, 0.15) is 35.4 Å². The molecule has 218 valence electrons. The summed E-state index contributed by atoms with van der Waals surface area (Å²) in [4.78, 5) is 29.3. The highest BCUT2D eigenvalue weighted by molar-refractivity contribution is 5.92. The van der Waals surface area contributed by atoms with Crippen LogP contribution in [0.3, 0.4) is 0 Å². The zero-order valence-electron chi connectivity index (χ0n) is 21.2. The Morgan fingerprint density at radius 3 is 1.88 bits per heavy atom. The van der Waals surface area contributed by atoms with Gasteiger partial charge in [0.2, 0.25) is 11.8 Å². The summed E-state index contributed by atoms with van der Waals surface area (Å²) in [5, 5.41) is 0. The number of nitrogens with zero attached hydrogens (tertiary/aromatic N) is 3. The van der Waals surface area contributed by atoms with Gasteiger partial charge in [0, 0.05) is 57.5 Å². The molecule has 1 saturated carbocycles. The number of benzene rings is 2. The molecule has 5 nitrogen and oxygen atoms in total. The lowest BCUT2D eigenvalue weighted by Gasteiger charge is -2.36. The molecule has 0 aromatic heterocycles. The quantitative estimate of drug-likeness (QED) is 0.393. The van der Waals surface area contributed by atoms with Gasteiger partial charge in [-0.15, -0.1) is 0 Å². The van der Waals surface area contributed by atoms with Crippen LogP contribution < -0.4 is 4.90 Å². The highest BCUT2D eigenvalue weighted by Gasteiger charge is 2.52. The van der Waals surface area contributed by atoms with Crippen molar-refractivity contribution in [2.24, 2.45) is 5.92 Å². The molecule has 4 rings (SSSR count). The molecule has 1 saturated heterocycles. The zero-order valence-corrected chi connectivity index (χ0v) is 21.2. The van der Waals surface area contributed by atoms with Crippen molar-refractivity contribution in [3.63, 3.8) is 0 Å². The molecule has 2 atom stereocenters. The van der Waals surface area contributed by atoms with Crippen molar-refractivity contribution in [1.29, 1.82) is 0 Å². The largest absolute Gasteiger partial charge is 0.416 e. The number of hydrogen-bond acceptors (Lipinski definition) is 2. The number of anilines is 1. The van der Waals surface area contributed by atoms with E-state index in [0.717, 1.165) is 24.1 Å². The van der Waals surface area contributed by atoms with E-state index in [0.29, 0.717) is 22.6 Å². The van der Waals surface area contributed by atoms with E-state index in [2.05, 4.69) is 0 Å². The first-order chi connectivity index (χ1) is 18.4. The third kappa shape index (κ3) is 5.99. The molecule has 3 amide bonds. The van der Waals surface area contributed by atoms with Crippen LogP contribution in [-0.4, -0.2) is 60.9 Å². The van der Waals surface area contributed by atoms with E-state index in [4.69, 9.17) is 0 Å². The lowest BCUT2D eigenvalue weighted by molar-refractivity contribution is -0.159. The van der Waals surface area contributed by atoms with E-state index < -0.39 is 83.6 Å². The number of halogens is 9. The number of amides is 3. The van der Waals surface area contributed by atoms with E-state index in [1.54, 1.807) is 0 Å². The van der Waals surface area contributed by atoms with E-state index >= 15 is 0 Å². The fourth-order valence-electron chi connectivity index (χ4n) is 5.11. The number of likely N-dealkylation sites (tertiary alicyclic amines) is 1.